The van der Waals surface area contributed by atoms with Crippen LogP contribution in [0.15, 0.2) is 47.4 Å². The number of ether oxygens (including phenoxy) is 1. The zero-order chi connectivity index (χ0) is 22.7. The Kier molecular flexibility index (Phi) is 6.59. The smallest absolute Gasteiger partial charge is 0.255 e. The lowest BCUT2D eigenvalue weighted by molar-refractivity contribution is -0.117. The van der Waals surface area contributed by atoms with Gasteiger partial charge in [0, 0.05) is 35.9 Å². The van der Waals surface area contributed by atoms with Gasteiger partial charge in [0.25, 0.3) is 5.91 Å². The summed E-state index contributed by atoms with van der Waals surface area (Å²) in [6.45, 7) is 3.18. The van der Waals surface area contributed by atoms with E-state index in [1.165, 1.54) is 10.4 Å². The number of anilines is 2. The maximum absolute atomic E-state index is 13.2. The molecule has 8 nitrogen and oxygen atoms in total. The van der Waals surface area contributed by atoms with Crippen molar-refractivity contribution in [1.29, 1.82) is 0 Å². The van der Waals surface area contributed by atoms with Gasteiger partial charge in [-0.2, -0.15) is 4.31 Å². The molecule has 0 atom stereocenters. The highest BCUT2D eigenvalue weighted by Gasteiger charge is 2.30. The van der Waals surface area contributed by atoms with E-state index in [1.54, 1.807) is 36.4 Å². The van der Waals surface area contributed by atoms with Crippen molar-refractivity contribution in [2.24, 2.45) is 5.92 Å². The van der Waals surface area contributed by atoms with E-state index in [0.717, 1.165) is 12.8 Å². The van der Waals surface area contributed by atoms with Gasteiger partial charge in [-0.25, -0.2) is 8.42 Å². The van der Waals surface area contributed by atoms with Gasteiger partial charge in [0.05, 0.1) is 18.1 Å². The molecule has 2 aliphatic rings. The molecule has 1 heterocycles. The van der Waals surface area contributed by atoms with Crippen molar-refractivity contribution >= 4 is 33.2 Å². The summed E-state index contributed by atoms with van der Waals surface area (Å²) < 4.78 is 33.1. The monoisotopic (exact) mass is 457 g/mol. The molecule has 2 fully saturated rings. The van der Waals surface area contributed by atoms with Crippen LogP contribution in [-0.4, -0.2) is 50.8 Å². The highest BCUT2D eigenvalue weighted by Crippen LogP contribution is 2.30. The molecule has 1 saturated carbocycles. The number of sulfonamides is 1. The first-order valence-electron chi connectivity index (χ1n) is 10.8. The summed E-state index contributed by atoms with van der Waals surface area (Å²) >= 11 is 0. The van der Waals surface area contributed by atoms with E-state index in [2.05, 4.69) is 10.6 Å². The average Bonchev–Trinajstić information content (AvgIpc) is 3.65. The summed E-state index contributed by atoms with van der Waals surface area (Å²) in [4.78, 5) is 25.0. The molecule has 1 aliphatic carbocycles. The predicted octanol–water partition coefficient (Wildman–Crippen LogP) is 2.87. The van der Waals surface area contributed by atoms with Gasteiger partial charge in [-0.05, 0) is 55.2 Å². The lowest BCUT2D eigenvalue weighted by Gasteiger charge is -2.27. The molecule has 0 aromatic heterocycles. The summed E-state index contributed by atoms with van der Waals surface area (Å²) in [6.07, 6.45) is 2.35. The van der Waals surface area contributed by atoms with Crippen molar-refractivity contribution in [3.63, 3.8) is 0 Å². The number of nitrogens with zero attached hydrogens (tertiary/aromatic N) is 1. The minimum absolute atomic E-state index is 0.0124. The van der Waals surface area contributed by atoms with Gasteiger partial charge >= 0.3 is 0 Å². The second kappa shape index (κ2) is 9.40. The van der Waals surface area contributed by atoms with Crippen molar-refractivity contribution in [3.8, 4) is 0 Å². The highest BCUT2D eigenvalue weighted by molar-refractivity contribution is 7.89. The number of hydrogen-bond donors (Lipinski definition) is 2. The molecule has 32 heavy (non-hydrogen) atoms. The highest BCUT2D eigenvalue weighted by atomic mass is 32.2. The summed E-state index contributed by atoms with van der Waals surface area (Å²) in [6, 6.07) is 11.7. The van der Waals surface area contributed by atoms with Crippen LogP contribution in [0.3, 0.4) is 0 Å². The Labute approximate surface area is 188 Å². The number of morpholine rings is 1. The van der Waals surface area contributed by atoms with Gasteiger partial charge in [0.1, 0.15) is 0 Å². The summed E-state index contributed by atoms with van der Waals surface area (Å²) in [5.74, 6) is -0.351. The van der Waals surface area contributed by atoms with Crippen LogP contribution >= 0.6 is 0 Å². The average molecular weight is 458 g/mol. The third kappa shape index (κ3) is 5.01. The first-order chi connectivity index (χ1) is 15.4. The maximum atomic E-state index is 13.2. The number of amides is 2. The largest absolute Gasteiger partial charge is 0.379 e. The summed E-state index contributed by atoms with van der Waals surface area (Å²) in [5, 5.41) is 5.65. The minimum atomic E-state index is -3.73. The topological polar surface area (TPSA) is 105 Å². The lowest BCUT2D eigenvalue weighted by Crippen LogP contribution is -2.41. The number of hydrogen-bond acceptors (Lipinski definition) is 5. The van der Waals surface area contributed by atoms with Gasteiger partial charge in [-0.3, -0.25) is 9.59 Å². The molecule has 0 unspecified atom stereocenters. The van der Waals surface area contributed by atoms with E-state index in [9.17, 15) is 18.0 Å². The molecule has 0 bridgehead atoms. The molecule has 9 heteroatoms. The number of carbonyl (C=O) groups is 2. The van der Waals surface area contributed by atoms with Crippen LogP contribution in [0.5, 0.6) is 0 Å². The van der Waals surface area contributed by atoms with Crippen molar-refractivity contribution in [2.45, 2.75) is 31.1 Å². The molecule has 1 aliphatic heterocycles. The molecule has 170 valence electrons. The molecular weight excluding hydrogens is 430 g/mol. The van der Waals surface area contributed by atoms with Crippen LogP contribution in [0.2, 0.25) is 0 Å². The first kappa shape index (κ1) is 22.4. The number of carbonyl (C=O) groups excluding carboxylic acids is 2. The quantitative estimate of drug-likeness (QED) is 0.665. The molecule has 0 spiro atoms. The molecular formula is C23H27N3O5S. The van der Waals surface area contributed by atoms with Crippen LogP contribution in [0.25, 0.3) is 0 Å². The molecule has 0 radical (unpaired) electrons. The number of rotatable bonds is 7. The van der Waals surface area contributed by atoms with Crippen molar-refractivity contribution in [1.82, 2.24) is 4.31 Å². The first-order valence-corrected chi connectivity index (χ1v) is 12.3. The van der Waals surface area contributed by atoms with Gasteiger partial charge in [-0.15, -0.1) is 0 Å². The molecule has 1 saturated heterocycles. The van der Waals surface area contributed by atoms with Gasteiger partial charge in [0.15, 0.2) is 0 Å². The second-order valence-electron chi connectivity index (χ2n) is 7.99. The SMILES string of the molecule is CCc1ccc(C(=O)Nc2cccc(NC(=O)C3CC3)c2)cc1S(=O)(=O)N1CCOCC1. The Morgan fingerprint density at radius 1 is 1.03 bits per heavy atom. The minimum Gasteiger partial charge on any atom is -0.379 e. The predicted molar refractivity (Wildman–Crippen MR) is 121 cm³/mol. The Balaban J connectivity index is 1.54. The van der Waals surface area contributed by atoms with E-state index in [-0.39, 0.29) is 22.3 Å². The van der Waals surface area contributed by atoms with E-state index < -0.39 is 15.9 Å². The van der Waals surface area contributed by atoms with Gasteiger partial charge in [0.2, 0.25) is 15.9 Å². The molecule has 2 amide bonds. The normalized spacial score (nSPS) is 17.0. The standard InChI is InChI=1S/C23H27N3O5S/c1-2-16-6-9-18(14-21(16)32(29,30)26-10-12-31-13-11-26)23(28)25-20-5-3-4-19(15-20)24-22(27)17-7-8-17/h3-6,9,14-15,17H,2,7-8,10-13H2,1H3,(H,24,27)(H,25,28). The number of aryl methyl sites for hydroxylation is 1. The van der Waals surface area contributed by atoms with Gasteiger partial charge < -0.3 is 15.4 Å². The van der Waals surface area contributed by atoms with E-state index >= 15 is 0 Å². The van der Waals surface area contributed by atoms with Crippen molar-refractivity contribution in [3.05, 3.63) is 53.6 Å². The Morgan fingerprint density at radius 2 is 1.72 bits per heavy atom. The number of nitrogens with one attached hydrogen (secondary N) is 2. The fraction of sp³-hybridized carbons (Fsp3) is 0.391. The van der Waals surface area contributed by atoms with Crippen LogP contribution < -0.4 is 10.6 Å². The molecule has 4 rings (SSSR count). The van der Waals surface area contributed by atoms with Gasteiger partial charge in [-0.1, -0.05) is 19.1 Å². The van der Waals surface area contributed by atoms with E-state index in [0.29, 0.717) is 49.7 Å². The fourth-order valence-electron chi connectivity index (χ4n) is 3.62. The summed E-state index contributed by atoms with van der Waals surface area (Å²) in [7, 11) is -3.73. The van der Waals surface area contributed by atoms with Crippen molar-refractivity contribution in [2.75, 3.05) is 36.9 Å². The molecule has 2 N–H and O–H groups in total. The fourth-order valence-corrected chi connectivity index (χ4v) is 5.35. The van der Waals surface area contributed by atoms with E-state index in [4.69, 9.17) is 4.74 Å². The van der Waals surface area contributed by atoms with Crippen LogP contribution in [0, 0.1) is 5.92 Å². The van der Waals surface area contributed by atoms with E-state index in [1.807, 2.05) is 6.92 Å². The zero-order valence-electron chi connectivity index (χ0n) is 18.0. The summed E-state index contributed by atoms with van der Waals surface area (Å²) in [5.41, 5.74) is 2.04. The third-order valence-electron chi connectivity index (χ3n) is 5.63. The van der Waals surface area contributed by atoms with Crippen LogP contribution in [0.4, 0.5) is 11.4 Å². The molecule has 2 aromatic rings. The van der Waals surface area contributed by atoms with Crippen LogP contribution in [0.1, 0.15) is 35.7 Å². The lowest BCUT2D eigenvalue weighted by atomic mass is 10.1. The molecule has 2 aromatic carbocycles. The Morgan fingerprint density at radius 3 is 2.38 bits per heavy atom. The zero-order valence-corrected chi connectivity index (χ0v) is 18.8. The Bertz CT molecular complexity index is 1120. The second-order valence-corrected chi connectivity index (χ2v) is 9.90. The number of benzene rings is 2. The van der Waals surface area contributed by atoms with Crippen LogP contribution in [-0.2, 0) is 26.0 Å². The van der Waals surface area contributed by atoms with Crippen molar-refractivity contribution < 1.29 is 22.7 Å². The third-order valence-corrected chi connectivity index (χ3v) is 7.62. The Hall–Kier alpha value is -2.75. The maximum Gasteiger partial charge on any atom is 0.255 e.